The molecule has 2 aliphatic heterocycles. The van der Waals surface area contributed by atoms with Gasteiger partial charge in [0.2, 0.25) is 5.82 Å². The van der Waals surface area contributed by atoms with E-state index < -0.39 is 0 Å². The van der Waals surface area contributed by atoms with Crippen molar-refractivity contribution in [2.45, 2.75) is 58.0 Å². The van der Waals surface area contributed by atoms with Gasteiger partial charge in [-0.1, -0.05) is 32.0 Å². The number of hydrogen-bond donors (Lipinski definition) is 1. The number of hydrogen-bond acceptors (Lipinski definition) is 4. The lowest BCUT2D eigenvalue weighted by atomic mass is 10.0. The summed E-state index contributed by atoms with van der Waals surface area (Å²) in [6.45, 7) is 7.77. The van der Waals surface area contributed by atoms with Crippen molar-refractivity contribution in [1.82, 2.24) is 25.0 Å². The summed E-state index contributed by atoms with van der Waals surface area (Å²) in [5.74, 6) is 1.37. The summed E-state index contributed by atoms with van der Waals surface area (Å²) in [6.07, 6.45) is 3.39. The Balaban J connectivity index is 1.61. The van der Waals surface area contributed by atoms with Crippen LogP contribution in [0.2, 0.25) is 0 Å². The van der Waals surface area contributed by atoms with E-state index in [-0.39, 0.29) is 5.91 Å². The van der Waals surface area contributed by atoms with E-state index >= 15 is 0 Å². The summed E-state index contributed by atoms with van der Waals surface area (Å²) in [4.78, 5) is 19.4. The van der Waals surface area contributed by atoms with Crippen molar-refractivity contribution in [2.75, 3.05) is 13.1 Å². The molecule has 1 aromatic heterocycles. The number of aryl methyl sites for hydroxylation is 1. The van der Waals surface area contributed by atoms with Gasteiger partial charge in [-0.15, -0.1) is 5.10 Å². The highest BCUT2D eigenvalue weighted by Gasteiger charge is 2.32. The molecule has 2 aliphatic rings. The smallest absolute Gasteiger partial charge is 0.293 e. The van der Waals surface area contributed by atoms with Crippen LogP contribution in [0.4, 0.5) is 0 Å². The molecule has 2 aromatic rings. The molecule has 3 heterocycles. The lowest BCUT2D eigenvalue weighted by Gasteiger charge is -2.22. The molecule has 0 aliphatic carbocycles. The lowest BCUT2D eigenvalue weighted by Crippen LogP contribution is -2.39. The van der Waals surface area contributed by atoms with Gasteiger partial charge in [0.15, 0.2) is 0 Å². The fraction of sp³-hybridized carbons (Fsp3) is 0.550. The molecular formula is C20H27N5O. The van der Waals surface area contributed by atoms with E-state index in [1.807, 2.05) is 34.7 Å². The maximum Gasteiger partial charge on any atom is 0.293 e. The fourth-order valence-electron chi connectivity index (χ4n) is 4.15. The quantitative estimate of drug-likeness (QED) is 0.921. The second kappa shape index (κ2) is 6.83. The molecule has 1 aromatic carbocycles. The SMILES string of the molecule is Cc1nc(C(=O)N2CCC3CCC(C2)N3)nn1-c1ccccc1C(C)C. The lowest BCUT2D eigenvalue weighted by molar-refractivity contribution is 0.0736. The van der Waals surface area contributed by atoms with Crippen molar-refractivity contribution < 1.29 is 4.79 Å². The number of likely N-dealkylation sites (tertiary alicyclic amines) is 1. The molecule has 6 heteroatoms. The Morgan fingerprint density at radius 1 is 1.19 bits per heavy atom. The molecule has 138 valence electrons. The first-order valence-electron chi connectivity index (χ1n) is 9.61. The summed E-state index contributed by atoms with van der Waals surface area (Å²) in [6, 6.07) is 9.16. The number of amides is 1. The van der Waals surface area contributed by atoms with Gasteiger partial charge in [-0.3, -0.25) is 4.79 Å². The number of benzene rings is 1. The molecule has 6 nitrogen and oxygen atoms in total. The second-order valence-electron chi connectivity index (χ2n) is 7.79. The van der Waals surface area contributed by atoms with Crippen LogP contribution in [0.25, 0.3) is 5.69 Å². The van der Waals surface area contributed by atoms with Crippen LogP contribution >= 0.6 is 0 Å². The van der Waals surface area contributed by atoms with Crippen LogP contribution in [-0.4, -0.2) is 50.7 Å². The Morgan fingerprint density at radius 2 is 1.96 bits per heavy atom. The first kappa shape index (κ1) is 17.2. The average Bonchev–Trinajstić information content (AvgIpc) is 3.16. The highest BCUT2D eigenvalue weighted by atomic mass is 16.2. The minimum absolute atomic E-state index is 0.0526. The number of para-hydroxylation sites is 1. The monoisotopic (exact) mass is 353 g/mol. The maximum atomic E-state index is 13.0. The molecule has 0 saturated carbocycles. The first-order valence-corrected chi connectivity index (χ1v) is 9.61. The number of aromatic nitrogens is 3. The van der Waals surface area contributed by atoms with E-state index in [9.17, 15) is 4.79 Å². The summed E-state index contributed by atoms with van der Waals surface area (Å²) < 4.78 is 1.81. The van der Waals surface area contributed by atoms with Crippen LogP contribution in [0.5, 0.6) is 0 Å². The Labute approximate surface area is 154 Å². The normalized spacial score (nSPS) is 22.7. The van der Waals surface area contributed by atoms with E-state index in [1.165, 1.54) is 12.0 Å². The molecule has 2 saturated heterocycles. The summed E-state index contributed by atoms with van der Waals surface area (Å²) in [5, 5.41) is 8.20. The van der Waals surface area contributed by atoms with Crippen LogP contribution < -0.4 is 5.32 Å². The van der Waals surface area contributed by atoms with Crippen LogP contribution in [0.1, 0.15) is 61.0 Å². The first-order chi connectivity index (χ1) is 12.5. The van der Waals surface area contributed by atoms with Gasteiger partial charge < -0.3 is 10.2 Å². The topological polar surface area (TPSA) is 63.1 Å². The van der Waals surface area contributed by atoms with Crippen LogP contribution in [0, 0.1) is 6.92 Å². The van der Waals surface area contributed by atoms with Crippen molar-refractivity contribution in [3.63, 3.8) is 0 Å². The Bertz CT molecular complexity index is 812. The third-order valence-corrected chi connectivity index (χ3v) is 5.56. The third-order valence-electron chi connectivity index (χ3n) is 5.56. The van der Waals surface area contributed by atoms with Gasteiger partial charge in [0.25, 0.3) is 5.91 Å². The number of nitrogens with one attached hydrogen (secondary N) is 1. The largest absolute Gasteiger partial charge is 0.334 e. The highest BCUT2D eigenvalue weighted by molar-refractivity contribution is 5.90. The highest BCUT2D eigenvalue weighted by Crippen LogP contribution is 2.24. The molecule has 2 bridgehead atoms. The number of carbonyl (C=O) groups is 1. The molecule has 1 N–H and O–H groups in total. The number of nitrogens with zero attached hydrogens (tertiary/aromatic N) is 4. The predicted octanol–water partition coefficient (Wildman–Crippen LogP) is 2.67. The molecule has 0 spiro atoms. The minimum Gasteiger partial charge on any atom is -0.334 e. The zero-order valence-electron chi connectivity index (χ0n) is 15.8. The predicted molar refractivity (Wildman–Crippen MR) is 101 cm³/mol. The third kappa shape index (κ3) is 3.14. The van der Waals surface area contributed by atoms with E-state index in [2.05, 4.69) is 35.3 Å². The molecule has 0 radical (unpaired) electrons. The van der Waals surface area contributed by atoms with Gasteiger partial charge in [0, 0.05) is 25.2 Å². The van der Waals surface area contributed by atoms with Crippen molar-refractivity contribution in [1.29, 1.82) is 0 Å². The van der Waals surface area contributed by atoms with Crippen LogP contribution in [-0.2, 0) is 0 Å². The fourth-order valence-corrected chi connectivity index (χ4v) is 4.15. The molecule has 4 rings (SSSR count). The molecule has 2 unspecified atom stereocenters. The van der Waals surface area contributed by atoms with Gasteiger partial charge in [0.1, 0.15) is 5.82 Å². The summed E-state index contributed by atoms with van der Waals surface area (Å²) >= 11 is 0. The van der Waals surface area contributed by atoms with E-state index in [0.29, 0.717) is 23.8 Å². The Hall–Kier alpha value is -2.21. The van der Waals surface area contributed by atoms with Crippen molar-refractivity contribution >= 4 is 5.91 Å². The zero-order chi connectivity index (χ0) is 18.3. The second-order valence-corrected chi connectivity index (χ2v) is 7.79. The summed E-state index contributed by atoms with van der Waals surface area (Å²) in [7, 11) is 0. The molecule has 2 atom stereocenters. The van der Waals surface area contributed by atoms with Crippen LogP contribution in [0.15, 0.2) is 24.3 Å². The zero-order valence-corrected chi connectivity index (χ0v) is 15.8. The molecule has 26 heavy (non-hydrogen) atoms. The summed E-state index contributed by atoms with van der Waals surface area (Å²) in [5.41, 5.74) is 2.21. The molecule has 2 fully saturated rings. The standard InChI is InChI=1S/C20H27N5O/c1-13(2)17-6-4-5-7-18(17)25-14(3)21-19(23-25)20(26)24-11-10-15-8-9-16(12-24)22-15/h4-7,13,15-16,22H,8-12H2,1-3H3. The van der Waals surface area contributed by atoms with Crippen molar-refractivity contribution in [2.24, 2.45) is 0 Å². The van der Waals surface area contributed by atoms with Gasteiger partial charge in [-0.05, 0) is 43.7 Å². The maximum absolute atomic E-state index is 13.0. The van der Waals surface area contributed by atoms with Gasteiger partial charge in [0.05, 0.1) is 5.69 Å². The average molecular weight is 353 g/mol. The van der Waals surface area contributed by atoms with Crippen LogP contribution in [0.3, 0.4) is 0 Å². The number of fused-ring (bicyclic) bond motifs is 2. The van der Waals surface area contributed by atoms with E-state index in [0.717, 1.165) is 37.4 Å². The van der Waals surface area contributed by atoms with Crippen molar-refractivity contribution in [3.05, 3.63) is 41.5 Å². The number of carbonyl (C=O) groups excluding carboxylic acids is 1. The van der Waals surface area contributed by atoms with Gasteiger partial charge >= 0.3 is 0 Å². The van der Waals surface area contributed by atoms with Gasteiger partial charge in [-0.25, -0.2) is 9.67 Å². The Morgan fingerprint density at radius 3 is 2.77 bits per heavy atom. The van der Waals surface area contributed by atoms with Crippen molar-refractivity contribution in [3.8, 4) is 5.69 Å². The molecule has 1 amide bonds. The Kier molecular flexibility index (Phi) is 4.53. The van der Waals surface area contributed by atoms with E-state index in [4.69, 9.17) is 0 Å². The molecular weight excluding hydrogens is 326 g/mol. The van der Waals surface area contributed by atoms with E-state index in [1.54, 1.807) is 0 Å². The number of rotatable bonds is 3. The van der Waals surface area contributed by atoms with Gasteiger partial charge in [-0.2, -0.15) is 0 Å². The minimum atomic E-state index is -0.0526.